The molecule has 1 aliphatic carbocycles. The van der Waals surface area contributed by atoms with Crippen LogP contribution in [0.5, 0.6) is 0 Å². The van der Waals surface area contributed by atoms with Gasteiger partial charge in [0.05, 0.1) is 17.6 Å². The molecule has 3 atom stereocenters. The highest BCUT2D eigenvalue weighted by molar-refractivity contribution is 14.1. The number of ether oxygens (including phenoxy) is 1. The summed E-state index contributed by atoms with van der Waals surface area (Å²) >= 11 is 8.29. The molecule has 0 aliphatic heterocycles. The van der Waals surface area contributed by atoms with Gasteiger partial charge in [-0.1, -0.05) is 42.4 Å². The molecule has 1 nitrogen and oxygen atoms in total. The van der Waals surface area contributed by atoms with Crippen molar-refractivity contribution in [2.24, 2.45) is 5.92 Å². The van der Waals surface area contributed by atoms with Gasteiger partial charge >= 0.3 is 0 Å². The summed E-state index contributed by atoms with van der Waals surface area (Å²) in [5.74, 6) is 1.42. The Kier molecular flexibility index (Phi) is 5.50. The van der Waals surface area contributed by atoms with Gasteiger partial charge in [-0.25, -0.2) is 0 Å². The molecule has 3 heteroatoms. The lowest BCUT2D eigenvalue weighted by Crippen LogP contribution is -2.38. The van der Waals surface area contributed by atoms with Crippen LogP contribution in [0.2, 0.25) is 0 Å². The highest BCUT2D eigenvalue weighted by Gasteiger charge is 2.29. The van der Waals surface area contributed by atoms with Crippen LogP contribution in [0.1, 0.15) is 39.5 Å². The molecular weight excluding hydrogens is 310 g/mol. The first-order valence-corrected chi connectivity index (χ1v) is 7.45. The lowest BCUT2D eigenvalue weighted by molar-refractivity contribution is -0.0738. The zero-order chi connectivity index (χ0) is 10.6. The van der Waals surface area contributed by atoms with Gasteiger partial charge in [0.1, 0.15) is 0 Å². The third kappa shape index (κ3) is 3.86. The van der Waals surface area contributed by atoms with E-state index in [4.69, 9.17) is 16.3 Å². The van der Waals surface area contributed by atoms with Crippen molar-refractivity contribution in [3.05, 3.63) is 0 Å². The Morgan fingerprint density at radius 1 is 1.50 bits per heavy atom. The average molecular weight is 331 g/mol. The predicted molar refractivity (Wildman–Crippen MR) is 70.5 cm³/mol. The van der Waals surface area contributed by atoms with E-state index in [1.807, 2.05) is 0 Å². The molecule has 0 radical (unpaired) electrons. The van der Waals surface area contributed by atoms with Gasteiger partial charge in [0.2, 0.25) is 0 Å². The van der Waals surface area contributed by atoms with E-state index in [1.54, 1.807) is 0 Å². The summed E-state index contributed by atoms with van der Waals surface area (Å²) in [6.45, 7) is 4.43. The molecule has 0 aromatic rings. The average Bonchev–Trinajstić information content (AvgIpc) is 2.18. The molecule has 0 saturated heterocycles. The summed E-state index contributed by atoms with van der Waals surface area (Å²) in [4.78, 5) is 0. The number of hydrogen-bond donors (Lipinski definition) is 0. The van der Waals surface area contributed by atoms with Crippen molar-refractivity contribution in [2.75, 3.05) is 10.3 Å². The van der Waals surface area contributed by atoms with E-state index in [2.05, 4.69) is 36.4 Å². The smallest absolute Gasteiger partial charge is 0.0881 e. The Balaban J connectivity index is 2.41. The lowest BCUT2D eigenvalue weighted by atomic mass is 9.88. The zero-order valence-electron chi connectivity index (χ0n) is 9.06. The summed E-state index contributed by atoms with van der Waals surface area (Å²) in [6, 6.07) is 0. The van der Waals surface area contributed by atoms with Gasteiger partial charge < -0.3 is 4.74 Å². The van der Waals surface area contributed by atoms with Crippen LogP contribution >= 0.6 is 34.2 Å². The topological polar surface area (TPSA) is 9.23 Å². The summed E-state index contributed by atoms with van der Waals surface area (Å²) in [5, 5.41) is 0. The first-order chi connectivity index (χ1) is 6.59. The molecule has 3 unspecified atom stereocenters. The maximum atomic E-state index is 6.11. The summed E-state index contributed by atoms with van der Waals surface area (Å²) < 4.78 is 7.08. The van der Waals surface area contributed by atoms with Gasteiger partial charge in [-0.05, 0) is 25.7 Å². The van der Waals surface area contributed by atoms with E-state index in [0.717, 1.165) is 10.3 Å². The third-order valence-electron chi connectivity index (χ3n) is 2.90. The van der Waals surface area contributed by atoms with Gasteiger partial charge in [-0.15, -0.1) is 11.6 Å². The molecule has 1 rings (SSSR count). The van der Waals surface area contributed by atoms with Crippen LogP contribution in [0.25, 0.3) is 0 Å². The van der Waals surface area contributed by atoms with Crippen LogP contribution in [-0.2, 0) is 4.74 Å². The zero-order valence-corrected chi connectivity index (χ0v) is 12.0. The molecule has 0 heterocycles. The number of halogens is 2. The van der Waals surface area contributed by atoms with Crippen molar-refractivity contribution in [2.45, 2.75) is 51.2 Å². The molecule has 0 amide bonds. The monoisotopic (exact) mass is 330 g/mol. The maximum Gasteiger partial charge on any atom is 0.0881 e. The highest BCUT2D eigenvalue weighted by atomic mass is 127. The second kappa shape index (κ2) is 5.90. The predicted octanol–water partition coefficient (Wildman–Crippen LogP) is 4.01. The Labute approximate surface area is 106 Å². The maximum absolute atomic E-state index is 6.11. The Morgan fingerprint density at radius 3 is 2.71 bits per heavy atom. The Hall–Kier alpha value is 0.980. The van der Waals surface area contributed by atoms with Crippen LogP contribution in [0.4, 0.5) is 0 Å². The van der Waals surface area contributed by atoms with Gasteiger partial charge in [0.25, 0.3) is 0 Å². The van der Waals surface area contributed by atoms with Crippen molar-refractivity contribution in [3.63, 3.8) is 0 Å². The number of alkyl halides is 2. The standard InChI is InChI=1S/C11H20ClIO/c1-9-4-3-5-10(6-9)14-11(2,7-12)8-13/h9-10H,3-8H2,1-2H3. The Bertz CT molecular complexity index is 171. The fourth-order valence-corrected chi connectivity index (χ4v) is 2.91. The minimum absolute atomic E-state index is 0.121. The molecule has 84 valence electrons. The van der Waals surface area contributed by atoms with Crippen molar-refractivity contribution in [3.8, 4) is 0 Å². The fourth-order valence-electron chi connectivity index (χ4n) is 1.99. The first kappa shape index (κ1) is 13.0. The summed E-state index contributed by atoms with van der Waals surface area (Å²) in [7, 11) is 0. The molecule has 1 fully saturated rings. The van der Waals surface area contributed by atoms with Crippen molar-refractivity contribution >= 4 is 34.2 Å². The van der Waals surface area contributed by atoms with E-state index in [0.29, 0.717) is 12.0 Å². The molecule has 0 N–H and O–H groups in total. The van der Waals surface area contributed by atoms with E-state index in [1.165, 1.54) is 25.7 Å². The minimum Gasteiger partial charge on any atom is -0.370 e. The highest BCUT2D eigenvalue weighted by Crippen LogP contribution is 2.30. The molecule has 0 aromatic heterocycles. The van der Waals surface area contributed by atoms with Gasteiger partial charge in [0.15, 0.2) is 0 Å². The van der Waals surface area contributed by atoms with Crippen molar-refractivity contribution in [1.29, 1.82) is 0 Å². The lowest BCUT2D eigenvalue weighted by Gasteiger charge is -2.35. The van der Waals surface area contributed by atoms with Crippen LogP contribution in [0.15, 0.2) is 0 Å². The number of hydrogen-bond acceptors (Lipinski definition) is 1. The third-order valence-corrected chi connectivity index (χ3v) is 5.08. The molecule has 0 bridgehead atoms. The molecule has 1 aliphatic rings. The Morgan fingerprint density at radius 2 is 2.21 bits per heavy atom. The van der Waals surface area contributed by atoms with Crippen LogP contribution in [0, 0.1) is 5.92 Å². The van der Waals surface area contributed by atoms with Gasteiger partial charge in [0, 0.05) is 4.43 Å². The van der Waals surface area contributed by atoms with E-state index < -0.39 is 0 Å². The minimum atomic E-state index is -0.121. The van der Waals surface area contributed by atoms with Gasteiger partial charge in [-0.3, -0.25) is 0 Å². The second-order valence-corrected chi connectivity index (χ2v) is 5.76. The van der Waals surface area contributed by atoms with Crippen molar-refractivity contribution < 1.29 is 4.74 Å². The quantitative estimate of drug-likeness (QED) is 0.559. The summed E-state index contributed by atoms with van der Waals surface area (Å²) in [6.07, 6.45) is 5.54. The SMILES string of the molecule is CC1CCCC(OC(C)(CCl)CI)C1. The van der Waals surface area contributed by atoms with Crippen LogP contribution in [-0.4, -0.2) is 22.0 Å². The molecule has 1 saturated carbocycles. The van der Waals surface area contributed by atoms with Crippen LogP contribution < -0.4 is 0 Å². The van der Waals surface area contributed by atoms with Crippen LogP contribution in [0.3, 0.4) is 0 Å². The molecule has 14 heavy (non-hydrogen) atoms. The van der Waals surface area contributed by atoms with E-state index in [9.17, 15) is 0 Å². The molecule has 0 spiro atoms. The van der Waals surface area contributed by atoms with Gasteiger partial charge in [-0.2, -0.15) is 0 Å². The normalized spacial score (nSPS) is 32.6. The largest absolute Gasteiger partial charge is 0.370 e. The number of rotatable bonds is 4. The fraction of sp³-hybridized carbons (Fsp3) is 1.00. The summed E-state index contributed by atoms with van der Waals surface area (Å²) in [5.41, 5.74) is -0.121. The van der Waals surface area contributed by atoms with E-state index >= 15 is 0 Å². The van der Waals surface area contributed by atoms with E-state index in [-0.39, 0.29) is 5.60 Å². The second-order valence-electron chi connectivity index (χ2n) is 4.73. The molecular formula is C11H20ClIO. The first-order valence-electron chi connectivity index (χ1n) is 5.39. The molecule has 0 aromatic carbocycles. The van der Waals surface area contributed by atoms with Crippen molar-refractivity contribution in [1.82, 2.24) is 0 Å².